The quantitative estimate of drug-likeness (QED) is 0.509. The van der Waals surface area contributed by atoms with Crippen molar-refractivity contribution in [1.82, 2.24) is 4.98 Å². The Morgan fingerprint density at radius 1 is 0.889 bits per heavy atom. The second-order valence-electron chi connectivity index (χ2n) is 5.23. The highest BCUT2D eigenvalue weighted by Crippen LogP contribution is 2.11. The highest BCUT2D eigenvalue weighted by Gasteiger charge is 1.97. The number of hydrogen-bond donors (Lipinski definition) is 0. The average Bonchev–Trinajstić information content (AvgIpc) is 2.42. The smallest absolute Gasteiger partial charge is 0.0406 e. The van der Waals surface area contributed by atoms with Crippen LogP contribution in [-0.2, 0) is 12.8 Å². The van der Waals surface area contributed by atoms with Gasteiger partial charge in [0.2, 0.25) is 0 Å². The van der Waals surface area contributed by atoms with Gasteiger partial charge in [0.1, 0.15) is 0 Å². The molecule has 0 N–H and O–H groups in total. The van der Waals surface area contributed by atoms with E-state index in [2.05, 4.69) is 31.0 Å². The third-order valence-electron chi connectivity index (χ3n) is 3.58. The van der Waals surface area contributed by atoms with Gasteiger partial charge in [-0.2, -0.15) is 0 Å². The van der Waals surface area contributed by atoms with Crippen LogP contribution in [0.2, 0.25) is 0 Å². The first-order chi connectivity index (χ1) is 8.86. The van der Waals surface area contributed by atoms with Crippen molar-refractivity contribution in [3.8, 4) is 0 Å². The highest BCUT2D eigenvalue weighted by atomic mass is 14.7. The van der Waals surface area contributed by atoms with Crippen LogP contribution in [-0.4, -0.2) is 4.98 Å². The molecular weight excluding hydrogens is 218 g/mol. The molecule has 102 valence electrons. The Bertz CT molecular complexity index is 306. The number of rotatable bonds is 10. The van der Waals surface area contributed by atoms with Crippen LogP contribution in [0.5, 0.6) is 0 Å². The minimum Gasteiger partial charge on any atom is -0.261 e. The summed E-state index contributed by atoms with van der Waals surface area (Å²) < 4.78 is 0. The molecule has 0 amide bonds. The predicted octanol–water partition coefficient (Wildman–Crippen LogP) is 5.33. The van der Waals surface area contributed by atoms with E-state index < -0.39 is 0 Å². The molecule has 0 unspecified atom stereocenters. The van der Waals surface area contributed by atoms with Crippen molar-refractivity contribution in [2.24, 2.45) is 0 Å². The molecule has 0 aliphatic carbocycles. The molecule has 0 fully saturated rings. The first-order valence-corrected chi connectivity index (χ1v) is 7.80. The molecule has 1 heterocycles. The van der Waals surface area contributed by atoms with Gasteiger partial charge in [-0.05, 0) is 37.0 Å². The van der Waals surface area contributed by atoms with Gasteiger partial charge in [0.25, 0.3) is 0 Å². The van der Waals surface area contributed by atoms with E-state index in [0.717, 1.165) is 12.8 Å². The topological polar surface area (TPSA) is 12.9 Å². The van der Waals surface area contributed by atoms with Crippen molar-refractivity contribution >= 4 is 0 Å². The van der Waals surface area contributed by atoms with Crippen molar-refractivity contribution in [3.05, 3.63) is 29.6 Å². The van der Waals surface area contributed by atoms with Gasteiger partial charge in [-0.15, -0.1) is 0 Å². The van der Waals surface area contributed by atoms with Gasteiger partial charge in [0.05, 0.1) is 0 Å². The van der Waals surface area contributed by atoms with Crippen molar-refractivity contribution in [3.63, 3.8) is 0 Å². The monoisotopic (exact) mass is 247 g/mol. The number of unbranched alkanes of at least 4 members (excludes halogenated alkanes) is 7. The molecule has 1 heteroatoms. The van der Waals surface area contributed by atoms with Crippen LogP contribution in [0, 0.1) is 0 Å². The van der Waals surface area contributed by atoms with Crippen LogP contribution in [0.3, 0.4) is 0 Å². The number of aromatic nitrogens is 1. The second-order valence-corrected chi connectivity index (χ2v) is 5.23. The van der Waals surface area contributed by atoms with Crippen molar-refractivity contribution < 1.29 is 0 Å². The molecular formula is C17H29N. The first-order valence-electron chi connectivity index (χ1n) is 7.80. The van der Waals surface area contributed by atoms with Gasteiger partial charge in [0, 0.05) is 11.9 Å². The van der Waals surface area contributed by atoms with Crippen LogP contribution >= 0.6 is 0 Å². The summed E-state index contributed by atoms with van der Waals surface area (Å²) in [5, 5.41) is 0. The normalized spacial score (nSPS) is 10.8. The predicted molar refractivity (Wildman–Crippen MR) is 79.9 cm³/mol. The van der Waals surface area contributed by atoms with Crippen molar-refractivity contribution in [2.75, 3.05) is 0 Å². The molecule has 0 saturated heterocycles. The summed E-state index contributed by atoms with van der Waals surface area (Å²) in [6, 6.07) is 4.39. The summed E-state index contributed by atoms with van der Waals surface area (Å²) >= 11 is 0. The standard InChI is InChI=1S/C17H29N/c1-3-5-6-7-8-9-10-11-12-17-15-16(4-2)13-14-18-17/h13-15H,3-12H2,1-2H3. The molecule has 1 rings (SSSR count). The molecule has 1 aromatic rings. The van der Waals surface area contributed by atoms with Crippen molar-refractivity contribution in [2.45, 2.75) is 78.1 Å². The number of hydrogen-bond acceptors (Lipinski definition) is 1. The van der Waals surface area contributed by atoms with E-state index in [-0.39, 0.29) is 0 Å². The van der Waals surface area contributed by atoms with Gasteiger partial charge >= 0.3 is 0 Å². The number of nitrogens with zero attached hydrogens (tertiary/aromatic N) is 1. The molecule has 1 nitrogen and oxygen atoms in total. The zero-order valence-electron chi connectivity index (χ0n) is 12.3. The molecule has 0 saturated carbocycles. The Morgan fingerprint density at radius 3 is 2.22 bits per heavy atom. The summed E-state index contributed by atoms with van der Waals surface area (Å²) in [7, 11) is 0. The van der Waals surface area contributed by atoms with E-state index in [1.807, 2.05) is 6.20 Å². The lowest BCUT2D eigenvalue weighted by Gasteiger charge is -2.03. The van der Waals surface area contributed by atoms with Gasteiger partial charge in [-0.3, -0.25) is 4.98 Å². The van der Waals surface area contributed by atoms with E-state index in [1.165, 1.54) is 62.6 Å². The molecule has 18 heavy (non-hydrogen) atoms. The van der Waals surface area contributed by atoms with Crippen LogP contribution in [0.1, 0.15) is 76.5 Å². The van der Waals surface area contributed by atoms with Gasteiger partial charge in [0.15, 0.2) is 0 Å². The van der Waals surface area contributed by atoms with Crippen LogP contribution in [0.25, 0.3) is 0 Å². The SMILES string of the molecule is CCCCCCCCCCc1cc(CC)ccn1. The lowest BCUT2D eigenvalue weighted by Crippen LogP contribution is -1.92. The summed E-state index contributed by atoms with van der Waals surface area (Å²) in [6.07, 6.45) is 15.3. The number of aryl methyl sites for hydroxylation is 2. The Morgan fingerprint density at radius 2 is 1.56 bits per heavy atom. The largest absolute Gasteiger partial charge is 0.261 e. The lowest BCUT2D eigenvalue weighted by molar-refractivity contribution is 0.574. The van der Waals surface area contributed by atoms with E-state index in [9.17, 15) is 0 Å². The molecule has 0 spiro atoms. The van der Waals surface area contributed by atoms with Gasteiger partial charge < -0.3 is 0 Å². The lowest BCUT2D eigenvalue weighted by atomic mass is 10.1. The van der Waals surface area contributed by atoms with Crippen LogP contribution < -0.4 is 0 Å². The third-order valence-corrected chi connectivity index (χ3v) is 3.58. The fourth-order valence-electron chi connectivity index (χ4n) is 2.32. The summed E-state index contributed by atoms with van der Waals surface area (Å²) in [4.78, 5) is 4.45. The molecule has 1 aromatic heterocycles. The molecule has 0 aromatic carbocycles. The molecule has 0 atom stereocenters. The Balaban J connectivity index is 2.03. The van der Waals surface area contributed by atoms with E-state index in [0.29, 0.717) is 0 Å². The van der Waals surface area contributed by atoms with Crippen LogP contribution in [0.4, 0.5) is 0 Å². The van der Waals surface area contributed by atoms with E-state index in [1.54, 1.807) is 0 Å². The summed E-state index contributed by atoms with van der Waals surface area (Å²) in [6.45, 7) is 4.48. The first kappa shape index (κ1) is 15.2. The Kier molecular flexibility index (Phi) is 8.54. The maximum Gasteiger partial charge on any atom is 0.0406 e. The maximum absolute atomic E-state index is 4.45. The summed E-state index contributed by atoms with van der Waals surface area (Å²) in [5.74, 6) is 0. The van der Waals surface area contributed by atoms with Gasteiger partial charge in [-0.25, -0.2) is 0 Å². The fourth-order valence-corrected chi connectivity index (χ4v) is 2.32. The number of pyridine rings is 1. The molecule has 0 aliphatic rings. The van der Waals surface area contributed by atoms with E-state index >= 15 is 0 Å². The maximum atomic E-state index is 4.45. The van der Waals surface area contributed by atoms with E-state index in [4.69, 9.17) is 0 Å². The van der Waals surface area contributed by atoms with Crippen LogP contribution in [0.15, 0.2) is 18.3 Å². The minimum atomic E-state index is 1.12. The third kappa shape index (κ3) is 6.78. The zero-order valence-corrected chi connectivity index (χ0v) is 12.3. The minimum absolute atomic E-state index is 1.12. The Labute approximate surface area is 113 Å². The fraction of sp³-hybridized carbons (Fsp3) is 0.706. The second kappa shape index (κ2) is 10.1. The van der Waals surface area contributed by atoms with Crippen molar-refractivity contribution in [1.29, 1.82) is 0 Å². The Hall–Kier alpha value is -0.850. The molecule has 0 aliphatic heterocycles. The average molecular weight is 247 g/mol. The molecule has 0 bridgehead atoms. The zero-order chi connectivity index (χ0) is 13.1. The highest BCUT2D eigenvalue weighted by molar-refractivity contribution is 5.16. The summed E-state index contributed by atoms with van der Waals surface area (Å²) in [5.41, 5.74) is 2.69. The van der Waals surface area contributed by atoms with Gasteiger partial charge in [-0.1, -0.05) is 58.8 Å². The molecule has 0 radical (unpaired) electrons.